The second-order valence-electron chi connectivity index (χ2n) is 5.00. The van der Waals surface area contributed by atoms with Crippen LogP contribution in [-0.2, 0) is 0 Å². The molecule has 17 heavy (non-hydrogen) atoms. The lowest BCUT2D eigenvalue weighted by Crippen LogP contribution is -1.99. The van der Waals surface area contributed by atoms with Gasteiger partial charge in [0.15, 0.2) is 0 Å². The molecule has 0 radical (unpaired) electrons. The van der Waals surface area contributed by atoms with Crippen LogP contribution in [-0.4, -0.2) is 0 Å². The van der Waals surface area contributed by atoms with Crippen molar-refractivity contribution in [3.05, 3.63) is 34.4 Å². The van der Waals surface area contributed by atoms with E-state index in [9.17, 15) is 0 Å². The van der Waals surface area contributed by atoms with Crippen molar-refractivity contribution in [1.82, 2.24) is 0 Å². The van der Waals surface area contributed by atoms with Crippen molar-refractivity contribution in [3.8, 4) is 0 Å². The lowest BCUT2D eigenvalue weighted by molar-refractivity contribution is 0.654. The maximum atomic E-state index is 2.38. The van der Waals surface area contributed by atoms with Gasteiger partial charge in [-0.2, -0.15) is 0 Å². The van der Waals surface area contributed by atoms with E-state index in [2.05, 4.69) is 39.8 Å². The largest absolute Gasteiger partial charge is 0.0813 e. The first kappa shape index (κ1) is 16.2. The van der Waals surface area contributed by atoms with Crippen LogP contribution in [0.2, 0.25) is 0 Å². The quantitative estimate of drug-likeness (QED) is 0.392. The standard InChI is InChI=1S/C16H26.CH4/c1-5-6-7-9-13(2)14(3)12-15(4)16-10-8-11-16;/h9,12H,5-8,10-11H2,1-4H3;1H4/b13-9+,14-12-;. The highest BCUT2D eigenvalue weighted by molar-refractivity contribution is 5.37. The molecule has 98 valence electrons. The maximum Gasteiger partial charge on any atom is -0.0312 e. The van der Waals surface area contributed by atoms with E-state index in [0.29, 0.717) is 0 Å². The van der Waals surface area contributed by atoms with Crippen molar-refractivity contribution < 1.29 is 0 Å². The van der Waals surface area contributed by atoms with Gasteiger partial charge in [-0.25, -0.2) is 0 Å². The molecule has 0 amide bonds. The summed E-state index contributed by atoms with van der Waals surface area (Å²) in [6.45, 7) is 8.98. The van der Waals surface area contributed by atoms with Crippen LogP contribution in [0, 0.1) is 0 Å². The summed E-state index contributed by atoms with van der Waals surface area (Å²) in [5, 5.41) is 0. The van der Waals surface area contributed by atoms with E-state index in [-0.39, 0.29) is 7.43 Å². The van der Waals surface area contributed by atoms with Gasteiger partial charge in [0.25, 0.3) is 0 Å². The average molecular weight is 234 g/mol. The molecule has 1 fully saturated rings. The summed E-state index contributed by atoms with van der Waals surface area (Å²) >= 11 is 0. The van der Waals surface area contributed by atoms with Crippen molar-refractivity contribution in [2.75, 3.05) is 0 Å². The van der Waals surface area contributed by atoms with E-state index in [4.69, 9.17) is 0 Å². The molecule has 0 aromatic carbocycles. The first-order chi connectivity index (χ1) is 7.65. The van der Waals surface area contributed by atoms with Gasteiger partial charge in [0.2, 0.25) is 0 Å². The second kappa shape index (κ2) is 8.33. The predicted molar refractivity (Wildman–Crippen MR) is 80.3 cm³/mol. The van der Waals surface area contributed by atoms with E-state index >= 15 is 0 Å². The molecule has 0 spiro atoms. The summed E-state index contributed by atoms with van der Waals surface area (Å²) in [4.78, 5) is 0. The number of allylic oxidation sites excluding steroid dienone is 6. The van der Waals surface area contributed by atoms with Crippen LogP contribution in [0.15, 0.2) is 34.4 Å². The molecule has 1 saturated carbocycles. The lowest BCUT2D eigenvalue weighted by Gasteiger charge is -2.19. The summed E-state index contributed by atoms with van der Waals surface area (Å²) in [6, 6.07) is 0. The van der Waals surface area contributed by atoms with Crippen molar-refractivity contribution in [3.63, 3.8) is 0 Å². The van der Waals surface area contributed by atoms with Gasteiger partial charge in [-0.15, -0.1) is 0 Å². The Bertz CT molecular complexity index is 307. The Balaban J connectivity index is 0.00000256. The Morgan fingerprint density at radius 1 is 1.12 bits per heavy atom. The number of unbranched alkanes of at least 4 members (excludes halogenated alkanes) is 2. The minimum atomic E-state index is 0. The zero-order valence-electron chi connectivity index (χ0n) is 11.4. The highest BCUT2D eigenvalue weighted by Crippen LogP contribution is 2.29. The van der Waals surface area contributed by atoms with E-state index in [1.165, 1.54) is 55.2 Å². The van der Waals surface area contributed by atoms with Crippen LogP contribution in [0.5, 0.6) is 0 Å². The average Bonchev–Trinajstić information content (AvgIpc) is 2.14. The van der Waals surface area contributed by atoms with Gasteiger partial charge in [0.1, 0.15) is 0 Å². The summed E-state index contributed by atoms with van der Waals surface area (Å²) < 4.78 is 0. The van der Waals surface area contributed by atoms with Crippen LogP contribution >= 0.6 is 0 Å². The molecule has 1 rings (SSSR count). The maximum absolute atomic E-state index is 2.38. The van der Waals surface area contributed by atoms with Crippen molar-refractivity contribution in [2.24, 2.45) is 0 Å². The lowest BCUT2D eigenvalue weighted by atomic mass is 9.87. The van der Waals surface area contributed by atoms with Crippen LogP contribution in [0.25, 0.3) is 0 Å². The summed E-state index contributed by atoms with van der Waals surface area (Å²) in [6.07, 6.45) is 12.6. The van der Waals surface area contributed by atoms with E-state index in [1.807, 2.05) is 0 Å². The topological polar surface area (TPSA) is 0 Å². The van der Waals surface area contributed by atoms with Crippen LogP contribution < -0.4 is 0 Å². The molecule has 0 atom stereocenters. The Kier molecular flexibility index (Phi) is 7.95. The molecule has 0 nitrogen and oxygen atoms in total. The SMILES string of the molecule is C.CCCC/C=C(C)/C(C)=C\C(C)=C1CCC1. The van der Waals surface area contributed by atoms with Gasteiger partial charge in [-0.05, 0) is 52.0 Å². The van der Waals surface area contributed by atoms with Gasteiger partial charge in [-0.3, -0.25) is 0 Å². The van der Waals surface area contributed by atoms with Crippen LogP contribution in [0.4, 0.5) is 0 Å². The zero-order valence-corrected chi connectivity index (χ0v) is 11.4. The first-order valence-corrected chi connectivity index (χ1v) is 6.69. The minimum Gasteiger partial charge on any atom is -0.0813 e. The van der Waals surface area contributed by atoms with Gasteiger partial charge in [0, 0.05) is 0 Å². The molecule has 1 aliphatic rings. The monoisotopic (exact) mass is 234 g/mol. The molecule has 0 N–H and O–H groups in total. The zero-order chi connectivity index (χ0) is 12.0. The molecular formula is C17H30. The van der Waals surface area contributed by atoms with E-state index in [0.717, 1.165) is 0 Å². The molecule has 0 unspecified atom stereocenters. The first-order valence-electron chi connectivity index (χ1n) is 6.69. The number of hydrogen-bond acceptors (Lipinski definition) is 0. The second-order valence-corrected chi connectivity index (χ2v) is 5.00. The molecule has 0 saturated heterocycles. The summed E-state index contributed by atoms with van der Waals surface area (Å²) in [7, 11) is 0. The third kappa shape index (κ3) is 5.39. The third-order valence-corrected chi connectivity index (χ3v) is 3.58. The number of rotatable bonds is 5. The Labute approximate surface area is 109 Å². The number of hydrogen-bond donors (Lipinski definition) is 0. The van der Waals surface area contributed by atoms with Crippen LogP contribution in [0.3, 0.4) is 0 Å². The Morgan fingerprint density at radius 3 is 2.24 bits per heavy atom. The fourth-order valence-electron chi connectivity index (χ4n) is 1.97. The summed E-state index contributed by atoms with van der Waals surface area (Å²) in [5.41, 5.74) is 6.06. The van der Waals surface area contributed by atoms with Crippen molar-refractivity contribution in [1.29, 1.82) is 0 Å². The van der Waals surface area contributed by atoms with Crippen LogP contribution in [0.1, 0.15) is 73.6 Å². The third-order valence-electron chi connectivity index (χ3n) is 3.58. The fraction of sp³-hybridized carbons (Fsp3) is 0.647. The van der Waals surface area contributed by atoms with Gasteiger partial charge in [-0.1, -0.05) is 56.1 Å². The highest BCUT2D eigenvalue weighted by atomic mass is 14.2. The molecule has 0 heterocycles. The predicted octanol–water partition coefficient (Wildman–Crippen LogP) is 6.21. The smallest absolute Gasteiger partial charge is 0.0312 e. The van der Waals surface area contributed by atoms with Gasteiger partial charge < -0.3 is 0 Å². The normalized spacial score (nSPS) is 16.4. The van der Waals surface area contributed by atoms with Gasteiger partial charge >= 0.3 is 0 Å². The van der Waals surface area contributed by atoms with Crippen molar-refractivity contribution in [2.45, 2.75) is 73.6 Å². The van der Waals surface area contributed by atoms with Crippen molar-refractivity contribution >= 4 is 0 Å². The molecule has 0 bridgehead atoms. The minimum absolute atomic E-state index is 0. The van der Waals surface area contributed by atoms with E-state index < -0.39 is 0 Å². The van der Waals surface area contributed by atoms with Gasteiger partial charge in [0.05, 0.1) is 0 Å². The Morgan fingerprint density at radius 2 is 1.76 bits per heavy atom. The molecule has 0 heteroatoms. The molecule has 0 aromatic heterocycles. The van der Waals surface area contributed by atoms with E-state index in [1.54, 1.807) is 5.57 Å². The Hall–Kier alpha value is -0.780. The molecule has 0 aliphatic heterocycles. The molecular weight excluding hydrogens is 204 g/mol. The molecule has 1 aliphatic carbocycles. The fourth-order valence-corrected chi connectivity index (χ4v) is 1.97. The summed E-state index contributed by atoms with van der Waals surface area (Å²) in [5.74, 6) is 0. The molecule has 0 aromatic rings. The highest BCUT2D eigenvalue weighted by Gasteiger charge is 2.10.